The molecule has 0 aliphatic carbocycles. The maximum Gasteiger partial charge on any atom is 0.573 e. The summed E-state index contributed by atoms with van der Waals surface area (Å²) in [5.74, 6) is -1.00. The van der Waals surface area contributed by atoms with E-state index in [1.807, 2.05) is 0 Å². The SMILES string of the molecule is C=C(C(=O)NCc1cccc(-c2ccc(OC(F)(F)F)cc2)c1)N(CC)S(=O)(=O)c1ccc(Cl)cc1. The molecule has 0 fully saturated rings. The monoisotopic (exact) mass is 538 g/mol. The fourth-order valence-electron chi connectivity index (χ4n) is 3.35. The molecule has 0 heterocycles. The second-order valence-electron chi connectivity index (χ2n) is 7.53. The number of benzene rings is 3. The fraction of sp³-hybridized carbons (Fsp3) is 0.160. The first-order valence-electron chi connectivity index (χ1n) is 10.6. The minimum absolute atomic E-state index is 0.0131. The Morgan fingerprint density at radius 2 is 1.67 bits per heavy atom. The summed E-state index contributed by atoms with van der Waals surface area (Å²) in [5, 5.41) is 3.03. The molecule has 3 aromatic carbocycles. The average molecular weight is 539 g/mol. The molecule has 0 spiro atoms. The van der Waals surface area contributed by atoms with Crippen molar-refractivity contribution in [3.8, 4) is 16.9 Å². The first-order chi connectivity index (χ1) is 16.9. The van der Waals surface area contributed by atoms with E-state index >= 15 is 0 Å². The highest BCUT2D eigenvalue weighted by atomic mass is 35.5. The number of sulfonamides is 1. The van der Waals surface area contributed by atoms with E-state index in [1.54, 1.807) is 31.2 Å². The highest BCUT2D eigenvalue weighted by Crippen LogP contribution is 2.27. The van der Waals surface area contributed by atoms with Gasteiger partial charge in [0.25, 0.3) is 15.9 Å². The Kier molecular flexibility index (Phi) is 8.31. The van der Waals surface area contributed by atoms with Gasteiger partial charge in [0.1, 0.15) is 11.4 Å². The molecule has 0 unspecified atom stereocenters. The van der Waals surface area contributed by atoms with Gasteiger partial charge < -0.3 is 10.1 Å². The maximum atomic E-state index is 13.0. The van der Waals surface area contributed by atoms with E-state index in [0.717, 1.165) is 4.31 Å². The molecule has 0 aliphatic rings. The Hall–Kier alpha value is -3.50. The number of amides is 1. The van der Waals surface area contributed by atoms with E-state index in [0.29, 0.717) is 21.7 Å². The number of carbonyl (C=O) groups is 1. The summed E-state index contributed by atoms with van der Waals surface area (Å²) >= 11 is 5.83. The second kappa shape index (κ2) is 11.0. The molecule has 0 aromatic heterocycles. The van der Waals surface area contributed by atoms with Crippen LogP contribution in [0.3, 0.4) is 0 Å². The Morgan fingerprint density at radius 3 is 2.25 bits per heavy atom. The van der Waals surface area contributed by atoms with Crippen LogP contribution < -0.4 is 10.1 Å². The first kappa shape index (κ1) is 27.1. The third-order valence-corrected chi connectivity index (χ3v) is 7.23. The summed E-state index contributed by atoms with van der Waals surface area (Å²) < 4.78 is 67.8. The number of halogens is 4. The van der Waals surface area contributed by atoms with Crippen molar-refractivity contribution < 1.29 is 31.1 Å². The number of likely N-dealkylation sites (N-methyl/N-ethyl adjacent to an activating group) is 1. The molecule has 0 bridgehead atoms. The third kappa shape index (κ3) is 6.79. The molecular formula is C25H22ClF3N2O4S. The molecule has 0 saturated carbocycles. The summed E-state index contributed by atoms with van der Waals surface area (Å²) in [5.41, 5.74) is 1.80. The van der Waals surface area contributed by atoms with Crippen molar-refractivity contribution in [2.75, 3.05) is 6.54 Å². The predicted octanol–water partition coefficient (Wildman–Crippen LogP) is 5.75. The molecule has 0 saturated heterocycles. The van der Waals surface area contributed by atoms with Gasteiger partial charge in [-0.3, -0.25) is 9.10 Å². The summed E-state index contributed by atoms with van der Waals surface area (Å²) in [6.07, 6.45) is -4.77. The minimum atomic E-state index is -4.77. The van der Waals surface area contributed by atoms with Crippen molar-refractivity contribution in [3.05, 3.63) is 95.7 Å². The van der Waals surface area contributed by atoms with Crippen LogP contribution in [0, 0.1) is 0 Å². The largest absolute Gasteiger partial charge is 0.573 e. The van der Waals surface area contributed by atoms with Crippen LogP contribution in [0.1, 0.15) is 12.5 Å². The number of hydrogen-bond acceptors (Lipinski definition) is 4. The molecule has 6 nitrogen and oxygen atoms in total. The van der Waals surface area contributed by atoms with E-state index in [9.17, 15) is 26.4 Å². The summed E-state index contributed by atoms with van der Waals surface area (Å²) in [7, 11) is -4.02. The fourth-order valence-corrected chi connectivity index (χ4v) is 4.92. The number of rotatable bonds is 9. The van der Waals surface area contributed by atoms with Crippen LogP contribution in [0.2, 0.25) is 5.02 Å². The first-order valence-corrected chi connectivity index (χ1v) is 12.4. The van der Waals surface area contributed by atoms with Gasteiger partial charge in [0.2, 0.25) is 0 Å². The van der Waals surface area contributed by atoms with Crippen LogP contribution in [0.5, 0.6) is 5.75 Å². The topological polar surface area (TPSA) is 75.7 Å². The van der Waals surface area contributed by atoms with Crippen LogP contribution in [-0.4, -0.2) is 31.5 Å². The van der Waals surface area contributed by atoms with Gasteiger partial charge in [-0.1, -0.05) is 48.5 Å². The van der Waals surface area contributed by atoms with Crippen LogP contribution >= 0.6 is 11.6 Å². The zero-order valence-electron chi connectivity index (χ0n) is 19.0. The van der Waals surface area contributed by atoms with Crippen molar-refractivity contribution in [2.24, 2.45) is 0 Å². The molecule has 0 radical (unpaired) electrons. The van der Waals surface area contributed by atoms with Gasteiger partial charge in [0, 0.05) is 18.1 Å². The highest BCUT2D eigenvalue weighted by Gasteiger charge is 2.31. The summed E-state index contributed by atoms with van der Waals surface area (Å²) in [6.45, 7) is 5.30. The van der Waals surface area contributed by atoms with Crippen LogP contribution in [-0.2, 0) is 21.4 Å². The second-order valence-corrected chi connectivity index (χ2v) is 9.82. The van der Waals surface area contributed by atoms with E-state index < -0.39 is 22.3 Å². The van der Waals surface area contributed by atoms with Gasteiger partial charge in [-0.2, -0.15) is 0 Å². The summed E-state index contributed by atoms with van der Waals surface area (Å²) in [6, 6.07) is 18.0. The van der Waals surface area contributed by atoms with Gasteiger partial charge in [-0.15, -0.1) is 13.2 Å². The van der Waals surface area contributed by atoms with E-state index in [4.69, 9.17) is 11.6 Å². The lowest BCUT2D eigenvalue weighted by atomic mass is 10.0. The van der Waals surface area contributed by atoms with Crippen molar-refractivity contribution in [1.82, 2.24) is 9.62 Å². The van der Waals surface area contributed by atoms with Crippen molar-refractivity contribution in [2.45, 2.75) is 24.7 Å². The van der Waals surface area contributed by atoms with Gasteiger partial charge in [0.05, 0.1) is 4.90 Å². The number of nitrogens with one attached hydrogen (secondary N) is 1. The van der Waals surface area contributed by atoms with Gasteiger partial charge >= 0.3 is 6.36 Å². The Bertz CT molecular complexity index is 1340. The van der Waals surface area contributed by atoms with Crippen LogP contribution in [0.25, 0.3) is 11.1 Å². The van der Waals surface area contributed by atoms with Gasteiger partial charge in [-0.25, -0.2) is 8.42 Å². The molecule has 1 amide bonds. The third-order valence-electron chi connectivity index (χ3n) is 5.05. The smallest absolute Gasteiger partial charge is 0.406 e. The lowest BCUT2D eigenvalue weighted by Crippen LogP contribution is -2.37. The molecule has 0 atom stereocenters. The zero-order chi connectivity index (χ0) is 26.5. The van der Waals surface area contributed by atoms with E-state index in [-0.39, 0.29) is 29.4 Å². The lowest BCUT2D eigenvalue weighted by Gasteiger charge is -2.24. The molecule has 3 rings (SSSR count). The Labute approximate surface area is 212 Å². The Morgan fingerprint density at radius 1 is 1.03 bits per heavy atom. The molecule has 1 N–H and O–H groups in total. The molecule has 11 heteroatoms. The van der Waals surface area contributed by atoms with E-state index in [1.165, 1.54) is 48.5 Å². The van der Waals surface area contributed by atoms with Crippen LogP contribution in [0.15, 0.2) is 90.0 Å². The minimum Gasteiger partial charge on any atom is -0.406 e. The highest BCUT2D eigenvalue weighted by molar-refractivity contribution is 7.89. The molecular weight excluding hydrogens is 517 g/mol. The van der Waals surface area contributed by atoms with Crippen molar-refractivity contribution in [1.29, 1.82) is 0 Å². The Balaban J connectivity index is 1.68. The standard InChI is InChI=1S/C25H22ClF3N2O4S/c1-3-31(36(33,34)23-13-9-21(26)10-14-23)17(2)24(32)30-16-18-5-4-6-20(15-18)19-7-11-22(12-8-19)35-25(27,28)29/h4-15H,2-3,16H2,1H3,(H,30,32). The molecule has 190 valence electrons. The number of alkyl halides is 3. The molecule has 3 aromatic rings. The van der Waals surface area contributed by atoms with Gasteiger partial charge in [0.15, 0.2) is 0 Å². The zero-order valence-corrected chi connectivity index (χ0v) is 20.6. The maximum absolute atomic E-state index is 13.0. The predicted molar refractivity (Wildman–Crippen MR) is 131 cm³/mol. The number of ether oxygens (including phenoxy) is 1. The van der Waals surface area contributed by atoms with Gasteiger partial charge in [-0.05, 0) is 66.1 Å². The number of nitrogens with zero attached hydrogens (tertiary/aromatic N) is 1. The average Bonchev–Trinajstić information content (AvgIpc) is 2.82. The molecule has 0 aliphatic heterocycles. The quantitative estimate of drug-likeness (QED) is 0.352. The van der Waals surface area contributed by atoms with Crippen molar-refractivity contribution >= 4 is 27.5 Å². The normalized spacial score (nSPS) is 11.6. The van der Waals surface area contributed by atoms with Crippen molar-refractivity contribution in [3.63, 3.8) is 0 Å². The van der Waals surface area contributed by atoms with E-state index in [2.05, 4.69) is 16.6 Å². The number of hydrogen-bond donors (Lipinski definition) is 1. The summed E-state index contributed by atoms with van der Waals surface area (Å²) in [4.78, 5) is 12.7. The van der Waals surface area contributed by atoms with Crippen LogP contribution in [0.4, 0.5) is 13.2 Å². The number of carbonyl (C=O) groups excluding carboxylic acids is 1. The molecule has 36 heavy (non-hydrogen) atoms. The lowest BCUT2D eigenvalue weighted by molar-refractivity contribution is -0.274.